The van der Waals surface area contributed by atoms with Crippen molar-refractivity contribution < 1.29 is 16.8 Å². The van der Waals surface area contributed by atoms with Crippen LogP contribution in [0.25, 0.3) is 10.2 Å². The summed E-state index contributed by atoms with van der Waals surface area (Å²) in [5, 5.41) is 0. The van der Waals surface area contributed by atoms with Crippen molar-refractivity contribution >= 4 is 59.0 Å². The van der Waals surface area contributed by atoms with Gasteiger partial charge in [-0.2, -0.15) is 4.31 Å². The molecule has 0 spiro atoms. The summed E-state index contributed by atoms with van der Waals surface area (Å²) in [5.74, 6) is 0. The van der Waals surface area contributed by atoms with Gasteiger partial charge in [0.15, 0.2) is 4.34 Å². The maximum atomic E-state index is 12.7. The minimum absolute atomic E-state index is 0.00655. The fourth-order valence-electron chi connectivity index (χ4n) is 3.14. The van der Waals surface area contributed by atoms with Gasteiger partial charge in [0.05, 0.1) is 25.7 Å². The first-order valence-electron chi connectivity index (χ1n) is 8.87. The number of anilines is 1. The smallest absolute Gasteiger partial charge is 0.261 e. The van der Waals surface area contributed by atoms with E-state index in [9.17, 15) is 16.8 Å². The van der Waals surface area contributed by atoms with Gasteiger partial charge in [-0.15, -0.1) is 11.3 Å². The Balaban J connectivity index is 1.57. The summed E-state index contributed by atoms with van der Waals surface area (Å²) >= 11 is 3.03. The number of aromatic nitrogens is 1. The highest BCUT2D eigenvalue weighted by Gasteiger charge is 2.27. The van der Waals surface area contributed by atoms with Crippen molar-refractivity contribution in [2.75, 3.05) is 24.1 Å². The summed E-state index contributed by atoms with van der Waals surface area (Å²) in [6.45, 7) is 1.00. The van der Waals surface area contributed by atoms with Crippen molar-refractivity contribution in [2.24, 2.45) is 0 Å². The summed E-state index contributed by atoms with van der Waals surface area (Å²) in [6.07, 6.45) is 3.63. The molecule has 4 rings (SSSR count). The highest BCUT2D eigenvalue weighted by molar-refractivity contribution is 8.00. The van der Waals surface area contributed by atoms with Crippen LogP contribution in [0.15, 0.2) is 56.6 Å². The lowest BCUT2D eigenvalue weighted by molar-refractivity contribution is 0.477. The normalized spacial score (nSPS) is 15.8. The molecule has 0 atom stereocenters. The van der Waals surface area contributed by atoms with E-state index in [0.29, 0.717) is 18.8 Å². The average Bonchev–Trinajstić information content (AvgIpc) is 3.37. The Bertz CT molecular complexity index is 1250. The lowest BCUT2D eigenvalue weighted by Gasteiger charge is -2.15. The zero-order valence-corrected chi connectivity index (χ0v) is 18.8. The predicted molar refractivity (Wildman–Crippen MR) is 117 cm³/mol. The second-order valence-electron chi connectivity index (χ2n) is 6.55. The van der Waals surface area contributed by atoms with Gasteiger partial charge in [0, 0.05) is 13.1 Å². The quantitative estimate of drug-likeness (QED) is 0.554. The molecule has 154 valence electrons. The van der Waals surface area contributed by atoms with Crippen LogP contribution in [-0.4, -0.2) is 45.5 Å². The monoisotopic (exact) mass is 469 g/mol. The van der Waals surface area contributed by atoms with Crippen LogP contribution in [0.2, 0.25) is 0 Å². The molecule has 0 amide bonds. The van der Waals surface area contributed by atoms with Gasteiger partial charge in [0.25, 0.3) is 10.0 Å². The Morgan fingerprint density at radius 2 is 1.66 bits per heavy atom. The molecule has 3 aromatic rings. The first-order valence-corrected chi connectivity index (χ1v) is 13.8. The number of benzene rings is 2. The number of thioether (sulfide) groups is 1. The third-order valence-corrected chi connectivity index (χ3v) is 9.95. The lowest BCUT2D eigenvalue weighted by atomic mass is 10.3. The van der Waals surface area contributed by atoms with Gasteiger partial charge in [-0.3, -0.25) is 4.72 Å². The van der Waals surface area contributed by atoms with E-state index >= 15 is 0 Å². The maximum Gasteiger partial charge on any atom is 0.261 e. The van der Waals surface area contributed by atoms with Gasteiger partial charge in [-0.05, 0) is 61.6 Å². The predicted octanol–water partition coefficient (Wildman–Crippen LogP) is 3.60. The molecule has 0 radical (unpaired) electrons. The molecule has 1 saturated heterocycles. The summed E-state index contributed by atoms with van der Waals surface area (Å²) in [7, 11) is -7.42. The molecule has 29 heavy (non-hydrogen) atoms. The van der Waals surface area contributed by atoms with Gasteiger partial charge in [0.1, 0.15) is 0 Å². The first kappa shape index (κ1) is 20.6. The van der Waals surface area contributed by atoms with Crippen LogP contribution >= 0.6 is 23.1 Å². The molecule has 7 nitrogen and oxygen atoms in total. The molecule has 1 N–H and O–H groups in total. The van der Waals surface area contributed by atoms with Crippen LogP contribution in [0, 0.1) is 0 Å². The SMILES string of the molecule is CSc1nc2ccc(NS(=O)(=O)c3ccc(S(=O)(=O)N4CCCC4)cc3)cc2s1. The Hall–Kier alpha value is -1.66. The van der Waals surface area contributed by atoms with E-state index in [1.807, 2.05) is 6.26 Å². The number of hydrogen-bond acceptors (Lipinski definition) is 7. The zero-order chi connectivity index (χ0) is 20.6. The Morgan fingerprint density at radius 1 is 1.00 bits per heavy atom. The third-order valence-electron chi connectivity index (χ3n) is 4.63. The van der Waals surface area contributed by atoms with E-state index < -0.39 is 20.0 Å². The van der Waals surface area contributed by atoms with Crippen LogP contribution in [-0.2, 0) is 20.0 Å². The third kappa shape index (κ3) is 4.15. The van der Waals surface area contributed by atoms with E-state index in [1.54, 1.807) is 18.2 Å². The molecule has 1 aromatic heterocycles. The summed E-state index contributed by atoms with van der Waals surface area (Å²) in [4.78, 5) is 4.55. The van der Waals surface area contributed by atoms with Crippen LogP contribution in [0.5, 0.6) is 0 Å². The van der Waals surface area contributed by atoms with Crippen molar-refractivity contribution in [2.45, 2.75) is 27.0 Å². The van der Waals surface area contributed by atoms with Gasteiger partial charge >= 0.3 is 0 Å². The fraction of sp³-hybridized carbons (Fsp3) is 0.278. The topological polar surface area (TPSA) is 96.4 Å². The average molecular weight is 470 g/mol. The van der Waals surface area contributed by atoms with Crippen LogP contribution in [0.4, 0.5) is 5.69 Å². The van der Waals surface area contributed by atoms with Gasteiger partial charge < -0.3 is 0 Å². The first-order chi connectivity index (χ1) is 13.8. The number of rotatable bonds is 6. The highest BCUT2D eigenvalue weighted by Crippen LogP contribution is 2.31. The minimum Gasteiger partial charge on any atom is -0.280 e. The molecule has 0 unspecified atom stereocenters. The molecular weight excluding hydrogens is 450 g/mol. The number of fused-ring (bicyclic) bond motifs is 1. The van der Waals surface area contributed by atoms with Crippen LogP contribution < -0.4 is 4.72 Å². The Kier molecular flexibility index (Phi) is 5.60. The second-order valence-corrected chi connectivity index (χ2v) is 12.3. The van der Waals surface area contributed by atoms with Crippen molar-refractivity contribution in [3.63, 3.8) is 0 Å². The number of nitrogens with zero attached hydrogens (tertiary/aromatic N) is 2. The second kappa shape index (κ2) is 7.88. The fourth-order valence-corrected chi connectivity index (χ4v) is 7.23. The standard InChI is InChI=1S/C18H19N3O4S4/c1-26-18-19-16-9-4-13(12-17(16)27-18)20-28(22,23)14-5-7-15(8-6-14)29(24,25)21-10-2-3-11-21/h4-9,12,20H,2-3,10-11H2,1H3. The molecule has 2 heterocycles. The molecule has 0 saturated carbocycles. The van der Waals surface area contributed by atoms with E-state index in [-0.39, 0.29) is 9.79 Å². The number of nitrogens with one attached hydrogen (secondary N) is 1. The van der Waals surface area contributed by atoms with Crippen LogP contribution in [0.3, 0.4) is 0 Å². The van der Waals surface area contributed by atoms with E-state index in [0.717, 1.165) is 27.4 Å². The van der Waals surface area contributed by atoms with Gasteiger partial charge in [-0.25, -0.2) is 21.8 Å². The van der Waals surface area contributed by atoms with Gasteiger partial charge in [-0.1, -0.05) is 11.8 Å². The largest absolute Gasteiger partial charge is 0.280 e. The maximum absolute atomic E-state index is 12.7. The van der Waals surface area contributed by atoms with Crippen molar-refractivity contribution in [1.82, 2.24) is 9.29 Å². The molecule has 0 aliphatic carbocycles. The summed E-state index contributed by atoms with van der Waals surface area (Å²) in [5.41, 5.74) is 1.25. The summed E-state index contributed by atoms with van der Waals surface area (Å²) in [6, 6.07) is 10.5. The number of thiazole rings is 1. The highest BCUT2D eigenvalue weighted by atomic mass is 32.2. The molecule has 1 fully saturated rings. The van der Waals surface area contributed by atoms with Crippen molar-refractivity contribution in [3.05, 3.63) is 42.5 Å². The molecule has 2 aromatic carbocycles. The van der Waals surface area contributed by atoms with Gasteiger partial charge in [0.2, 0.25) is 10.0 Å². The van der Waals surface area contributed by atoms with Crippen LogP contribution in [0.1, 0.15) is 12.8 Å². The lowest BCUT2D eigenvalue weighted by Crippen LogP contribution is -2.27. The van der Waals surface area contributed by atoms with Crippen molar-refractivity contribution in [3.8, 4) is 0 Å². The molecule has 0 bridgehead atoms. The van der Waals surface area contributed by atoms with E-state index in [4.69, 9.17) is 0 Å². The number of hydrogen-bond donors (Lipinski definition) is 1. The molecule has 1 aliphatic heterocycles. The molecular formula is C18H19N3O4S4. The zero-order valence-electron chi connectivity index (χ0n) is 15.5. The molecule has 11 heteroatoms. The van der Waals surface area contributed by atoms with E-state index in [1.165, 1.54) is 51.7 Å². The Labute approximate surface area is 178 Å². The minimum atomic E-state index is -3.84. The molecule has 1 aliphatic rings. The summed E-state index contributed by atoms with van der Waals surface area (Å²) < 4.78 is 56.4. The number of sulfonamides is 2. The Morgan fingerprint density at radius 3 is 2.31 bits per heavy atom. The van der Waals surface area contributed by atoms with E-state index in [2.05, 4.69) is 9.71 Å². The van der Waals surface area contributed by atoms with Crippen molar-refractivity contribution in [1.29, 1.82) is 0 Å².